The van der Waals surface area contributed by atoms with Crippen molar-refractivity contribution in [1.82, 2.24) is 0 Å². The predicted octanol–water partition coefficient (Wildman–Crippen LogP) is 5.85. The van der Waals surface area contributed by atoms with Gasteiger partial charge in [0, 0.05) is 0 Å². The summed E-state index contributed by atoms with van der Waals surface area (Å²) in [6, 6.07) is 4.49. The van der Waals surface area contributed by atoms with Gasteiger partial charge < -0.3 is 4.74 Å². The number of benzene rings is 2. The van der Waals surface area contributed by atoms with Gasteiger partial charge in [-0.2, -0.15) is 4.39 Å². The second-order valence-corrected chi connectivity index (χ2v) is 7.60. The molecule has 0 aromatic heterocycles. The first-order valence-corrected chi connectivity index (χ1v) is 9.41. The zero-order chi connectivity index (χ0) is 20.3. The summed E-state index contributed by atoms with van der Waals surface area (Å²) in [6.07, 6.45) is 4.40. The Morgan fingerprint density at radius 2 is 1.54 bits per heavy atom. The van der Waals surface area contributed by atoms with Crippen LogP contribution in [0.1, 0.15) is 54.1 Å². The predicted molar refractivity (Wildman–Crippen MR) is 97.5 cm³/mol. The standard InChI is InChI=1S/C22H22F4O2/c1-13-2-4-14(5-3-13)12-28-20-10-16(9-19(24)22(20)26)6-15-7-17(11-27)21(25)18(23)8-15/h7-11,13-14H,2-6,12H2,1H3. The minimum Gasteiger partial charge on any atom is -0.490 e. The second kappa shape index (κ2) is 8.76. The number of ether oxygens (including phenoxy) is 1. The third-order valence-electron chi connectivity index (χ3n) is 5.32. The Kier molecular flexibility index (Phi) is 6.37. The van der Waals surface area contributed by atoms with Crippen LogP contribution in [0.4, 0.5) is 17.6 Å². The molecular formula is C22H22F4O2. The largest absolute Gasteiger partial charge is 0.490 e. The number of carbonyl (C=O) groups excluding carboxylic acids is 1. The van der Waals surface area contributed by atoms with Crippen molar-refractivity contribution in [3.63, 3.8) is 0 Å². The molecular weight excluding hydrogens is 372 g/mol. The van der Waals surface area contributed by atoms with Crippen molar-refractivity contribution in [1.29, 1.82) is 0 Å². The third kappa shape index (κ3) is 4.72. The maximum atomic E-state index is 14.1. The molecule has 0 atom stereocenters. The number of aldehydes is 1. The SMILES string of the molecule is CC1CCC(COc2cc(Cc3cc(F)c(F)c(C=O)c3)cc(F)c2F)CC1. The van der Waals surface area contributed by atoms with Gasteiger partial charge in [-0.25, -0.2) is 13.2 Å². The van der Waals surface area contributed by atoms with Crippen LogP contribution < -0.4 is 4.74 Å². The van der Waals surface area contributed by atoms with Crippen LogP contribution in [0.15, 0.2) is 24.3 Å². The summed E-state index contributed by atoms with van der Waals surface area (Å²) in [5.41, 5.74) is 0.203. The summed E-state index contributed by atoms with van der Waals surface area (Å²) in [7, 11) is 0. The highest BCUT2D eigenvalue weighted by Gasteiger charge is 2.20. The first kappa shape index (κ1) is 20.4. The molecule has 150 valence electrons. The topological polar surface area (TPSA) is 26.3 Å². The van der Waals surface area contributed by atoms with E-state index in [1.165, 1.54) is 12.1 Å². The minimum atomic E-state index is -1.23. The molecule has 1 fully saturated rings. The van der Waals surface area contributed by atoms with Gasteiger partial charge in [-0.15, -0.1) is 0 Å². The normalized spacial score (nSPS) is 19.5. The van der Waals surface area contributed by atoms with Crippen LogP contribution in [-0.2, 0) is 6.42 Å². The number of hydrogen-bond acceptors (Lipinski definition) is 2. The van der Waals surface area contributed by atoms with Gasteiger partial charge in [0.05, 0.1) is 12.2 Å². The summed E-state index contributed by atoms with van der Waals surface area (Å²) in [5.74, 6) is -3.72. The minimum absolute atomic E-state index is 0.00649. The summed E-state index contributed by atoms with van der Waals surface area (Å²) in [5, 5.41) is 0. The molecule has 3 rings (SSSR count). The second-order valence-electron chi connectivity index (χ2n) is 7.60. The molecule has 0 aliphatic heterocycles. The molecule has 2 aromatic carbocycles. The number of hydrogen-bond donors (Lipinski definition) is 0. The quantitative estimate of drug-likeness (QED) is 0.454. The lowest BCUT2D eigenvalue weighted by atomic mass is 9.83. The van der Waals surface area contributed by atoms with Gasteiger partial charge >= 0.3 is 0 Å². The Hall–Kier alpha value is -2.37. The molecule has 6 heteroatoms. The van der Waals surface area contributed by atoms with Gasteiger partial charge in [-0.3, -0.25) is 4.79 Å². The lowest BCUT2D eigenvalue weighted by molar-refractivity contribution is 0.111. The van der Waals surface area contributed by atoms with E-state index in [2.05, 4.69) is 6.92 Å². The molecule has 0 N–H and O–H groups in total. The van der Waals surface area contributed by atoms with E-state index in [-0.39, 0.29) is 24.0 Å². The molecule has 28 heavy (non-hydrogen) atoms. The van der Waals surface area contributed by atoms with Crippen molar-refractivity contribution in [3.8, 4) is 5.75 Å². The lowest BCUT2D eigenvalue weighted by Gasteiger charge is -2.26. The van der Waals surface area contributed by atoms with Crippen molar-refractivity contribution >= 4 is 6.29 Å². The van der Waals surface area contributed by atoms with Gasteiger partial charge in [0.25, 0.3) is 0 Å². The molecule has 2 aromatic rings. The van der Waals surface area contributed by atoms with E-state index in [9.17, 15) is 22.4 Å². The fourth-order valence-corrected chi connectivity index (χ4v) is 3.62. The highest BCUT2D eigenvalue weighted by atomic mass is 19.2. The van der Waals surface area contributed by atoms with E-state index in [0.29, 0.717) is 24.0 Å². The summed E-state index contributed by atoms with van der Waals surface area (Å²) in [6.45, 7) is 2.51. The molecule has 1 saturated carbocycles. The van der Waals surface area contributed by atoms with Gasteiger partial charge in [-0.1, -0.05) is 19.8 Å². The van der Waals surface area contributed by atoms with Gasteiger partial charge in [-0.05, 0) is 66.5 Å². The Balaban J connectivity index is 1.76. The smallest absolute Gasteiger partial charge is 0.200 e. The molecule has 0 heterocycles. The van der Waals surface area contributed by atoms with E-state index in [4.69, 9.17) is 4.74 Å². The molecule has 0 radical (unpaired) electrons. The van der Waals surface area contributed by atoms with Gasteiger partial charge in [0.2, 0.25) is 5.82 Å². The van der Waals surface area contributed by atoms with Crippen molar-refractivity contribution < 1.29 is 27.1 Å². The van der Waals surface area contributed by atoms with Crippen molar-refractivity contribution in [2.24, 2.45) is 11.8 Å². The Bertz CT molecular complexity index is 858. The summed E-state index contributed by atoms with van der Waals surface area (Å²) < 4.78 is 60.8. The molecule has 1 aliphatic carbocycles. The Labute approximate surface area is 161 Å². The molecule has 0 spiro atoms. The molecule has 0 saturated heterocycles. The molecule has 2 nitrogen and oxygen atoms in total. The summed E-state index contributed by atoms with van der Waals surface area (Å²) in [4.78, 5) is 10.9. The Morgan fingerprint density at radius 1 is 0.929 bits per heavy atom. The monoisotopic (exact) mass is 394 g/mol. The zero-order valence-electron chi connectivity index (χ0n) is 15.6. The maximum Gasteiger partial charge on any atom is 0.200 e. The highest BCUT2D eigenvalue weighted by molar-refractivity contribution is 5.75. The number of carbonyl (C=O) groups is 1. The van der Waals surface area contributed by atoms with Crippen molar-refractivity contribution in [2.45, 2.75) is 39.0 Å². The molecule has 0 amide bonds. The van der Waals surface area contributed by atoms with E-state index < -0.39 is 28.8 Å². The van der Waals surface area contributed by atoms with E-state index >= 15 is 0 Å². The van der Waals surface area contributed by atoms with E-state index in [0.717, 1.165) is 37.8 Å². The number of halogens is 4. The van der Waals surface area contributed by atoms with Crippen LogP contribution in [0.5, 0.6) is 5.75 Å². The fraction of sp³-hybridized carbons (Fsp3) is 0.409. The fourth-order valence-electron chi connectivity index (χ4n) is 3.62. The lowest BCUT2D eigenvalue weighted by Crippen LogP contribution is -2.19. The van der Waals surface area contributed by atoms with Crippen LogP contribution in [-0.4, -0.2) is 12.9 Å². The van der Waals surface area contributed by atoms with E-state index in [1.54, 1.807) is 0 Å². The molecule has 0 bridgehead atoms. The van der Waals surface area contributed by atoms with Gasteiger partial charge in [0.15, 0.2) is 29.5 Å². The first-order valence-electron chi connectivity index (χ1n) is 9.41. The van der Waals surface area contributed by atoms with Crippen molar-refractivity contribution in [2.75, 3.05) is 6.61 Å². The summed E-state index contributed by atoms with van der Waals surface area (Å²) >= 11 is 0. The molecule has 0 unspecified atom stereocenters. The zero-order valence-corrected chi connectivity index (χ0v) is 15.6. The maximum absolute atomic E-state index is 14.1. The van der Waals surface area contributed by atoms with E-state index in [1.807, 2.05) is 0 Å². The van der Waals surface area contributed by atoms with Crippen molar-refractivity contribution in [3.05, 3.63) is 64.2 Å². The van der Waals surface area contributed by atoms with Crippen LogP contribution >= 0.6 is 0 Å². The van der Waals surface area contributed by atoms with Crippen LogP contribution in [0, 0.1) is 35.1 Å². The molecule has 1 aliphatic rings. The third-order valence-corrected chi connectivity index (χ3v) is 5.32. The van der Waals surface area contributed by atoms with Crippen LogP contribution in [0.2, 0.25) is 0 Å². The Morgan fingerprint density at radius 3 is 2.18 bits per heavy atom. The van der Waals surface area contributed by atoms with Crippen LogP contribution in [0.25, 0.3) is 0 Å². The number of rotatable bonds is 6. The average molecular weight is 394 g/mol. The van der Waals surface area contributed by atoms with Crippen LogP contribution in [0.3, 0.4) is 0 Å². The highest BCUT2D eigenvalue weighted by Crippen LogP contribution is 2.30. The average Bonchev–Trinajstić information content (AvgIpc) is 2.67. The first-order chi connectivity index (χ1) is 13.4. The van der Waals surface area contributed by atoms with Gasteiger partial charge in [0.1, 0.15) is 0 Å².